The Balaban J connectivity index is 1.84. The third kappa shape index (κ3) is 7.82. The first-order valence-corrected chi connectivity index (χ1v) is 15.0. The van der Waals surface area contributed by atoms with Crippen LogP contribution in [0.5, 0.6) is 11.5 Å². The molecule has 7 nitrogen and oxygen atoms in total. The molecule has 0 saturated carbocycles. The SMILES string of the molecule is CCCCN(CC(=O)N(CCc1ccc(OC)c(OC)c1)Cc1ccc(C)s1)S(=O)(=O)c1ccc(C)cc1. The fraction of sp³-hybridized carbons (Fsp3) is 0.414. The van der Waals surface area contributed by atoms with Gasteiger partial charge in [-0.1, -0.05) is 37.1 Å². The van der Waals surface area contributed by atoms with Gasteiger partial charge in [0, 0.05) is 22.8 Å². The number of hydrogen-bond acceptors (Lipinski definition) is 6. The van der Waals surface area contributed by atoms with E-state index in [1.54, 1.807) is 54.7 Å². The second kappa shape index (κ2) is 13.8. The molecule has 0 spiro atoms. The maximum Gasteiger partial charge on any atom is 0.243 e. The number of rotatable bonds is 14. The van der Waals surface area contributed by atoms with E-state index in [1.165, 1.54) is 9.18 Å². The van der Waals surface area contributed by atoms with Gasteiger partial charge in [0.1, 0.15) is 0 Å². The largest absolute Gasteiger partial charge is 0.493 e. The average Bonchev–Trinajstić information content (AvgIpc) is 3.33. The second-order valence-corrected chi connectivity index (χ2v) is 12.6. The Morgan fingerprint density at radius 3 is 2.24 bits per heavy atom. The number of amides is 1. The molecule has 1 aromatic heterocycles. The Bertz CT molecular complexity index is 1300. The van der Waals surface area contributed by atoms with Crippen LogP contribution in [-0.2, 0) is 27.8 Å². The molecule has 0 atom stereocenters. The van der Waals surface area contributed by atoms with E-state index in [0.717, 1.165) is 22.4 Å². The topological polar surface area (TPSA) is 76.2 Å². The van der Waals surface area contributed by atoms with Crippen molar-refractivity contribution < 1.29 is 22.7 Å². The van der Waals surface area contributed by atoms with Gasteiger partial charge in [-0.05, 0) is 68.7 Å². The number of sulfonamides is 1. The highest BCUT2D eigenvalue weighted by Gasteiger charge is 2.28. The molecule has 1 amide bonds. The van der Waals surface area contributed by atoms with Crippen LogP contribution in [0.15, 0.2) is 59.5 Å². The molecule has 3 aromatic rings. The van der Waals surface area contributed by atoms with E-state index >= 15 is 0 Å². The summed E-state index contributed by atoms with van der Waals surface area (Å²) in [6, 6.07) is 16.5. The number of unbranched alkanes of at least 4 members (excludes halogenated alkanes) is 1. The molecular formula is C29H38N2O5S2. The summed E-state index contributed by atoms with van der Waals surface area (Å²) in [5.41, 5.74) is 1.98. The number of hydrogen-bond donors (Lipinski definition) is 0. The summed E-state index contributed by atoms with van der Waals surface area (Å²) in [6.07, 6.45) is 2.09. The van der Waals surface area contributed by atoms with Crippen LogP contribution < -0.4 is 9.47 Å². The lowest BCUT2D eigenvalue weighted by Gasteiger charge is -2.27. The van der Waals surface area contributed by atoms with Crippen molar-refractivity contribution in [3.63, 3.8) is 0 Å². The highest BCUT2D eigenvalue weighted by molar-refractivity contribution is 7.89. The molecule has 3 rings (SSSR count). The number of thiophene rings is 1. The van der Waals surface area contributed by atoms with Crippen molar-refractivity contribution >= 4 is 27.3 Å². The summed E-state index contributed by atoms with van der Waals surface area (Å²) in [5, 5.41) is 0. The van der Waals surface area contributed by atoms with Crippen LogP contribution in [0.25, 0.3) is 0 Å². The molecule has 38 heavy (non-hydrogen) atoms. The van der Waals surface area contributed by atoms with E-state index in [0.29, 0.717) is 44.0 Å². The molecule has 0 fully saturated rings. The number of carbonyl (C=O) groups is 1. The van der Waals surface area contributed by atoms with Crippen LogP contribution in [0.2, 0.25) is 0 Å². The Morgan fingerprint density at radius 2 is 1.63 bits per heavy atom. The van der Waals surface area contributed by atoms with Gasteiger partial charge < -0.3 is 14.4 Å². The summed E-state index contributed by atoms with van der Waals surface area (Å²) >= 11 is 1.64. The van der Waals surface area contributed by atoms with Crippen LogP contribution >= 0.6 is 11.3 Å². The standard InChI is InChI=1S/C29H38N2O5S2/c1-6-7-17-31(38(33,34)26-13-8-22(2)9-14-26)21-29(32)30(20-25-12-10-23(3)37-25)18-16-24-11-15-27(35-4)28(19-24)36-5/h8-15,19H,6-7,16-18,20-21H2,1-5H3. The van der Waals surface area contributed by atoms with E-state index < -0.39 is 10.0 Å². The van der Waals surface area contributed by atoms with Gasteiger partial charge in [0.25, 0.3) is 0 Å². The Labute approximate surface area is 231 Å². The lowest BCUT2D eigenvalue weighted by Crippen LogP contribution is -2.43. The maximum atomic E-state index is 13.7. The zero-order valence-corrected chi connectivity index (χ0v) is 24.5. The molecule has 206 valence electrons. The van der Waals surface area contributed by atoms with Crippen LogP contribution in [0.4, 0.5) is 0 Å². The minimum Gasteiger partial charge on any atom is -0.493 e. The van der Waals surface area contributed by atoms with Crippen molar-refractivity contribution in [2.24, 2.45) is 0 Å². The first kappa shape index (κ1) is 29.7. The molecule has 0 bridgehead atoms. The highest BCUT2D eigenvalue weighted by atomic mass is 32.2. The van der Waals surface area contributed by atoms with Crippen LogP contribution in [0.1, 0.15) is 40.6 Å². The monoisotopic (exact) mass is 558 g/mol. The van der Waals surface area contributed by atoms with E-state index in [9.17, 15) is 13.2 Å². The smallest absolute Gasteiger partial charge is 0.243 e. The van der Waals surface area contributed by atoms with E-state index in [2.05, 4.69) is 0 Å². The summed E-state index contributed by atoms with van der Waals surface area (Å²) in [5.74, 6) is 1.06. The number of carbonyl (C=O) groups excluding carboxylic acids is 1. The molecule has 9 heteroatoms. The molecule has 0 aliphatic rings. The third-order valence-corrected chi connectivity index (χ3v) is 9.19. The highest BCUT2D eigenvalue weighted by Crippen LogP contribution is 2.28. The van der Waals surface area contributed by atoms with Crippen LogP contribution in [-0.4, -0.2) is 57.4 Å². The Hall–Kier alpha value is -2.88. The summed E-state index contributed by atoms with van der Waals surface area (Å²) in [7, 11) is -0.627. The van der Waals surface area contributed by atoms with E-state index in [-0.39, 0.29) is 17.3 Å². The molecule has 0 N–H and O–H groups in total. The van der Waals surface area contributed by atoms with E-state index in [1.807, 2.05) is 51.1 Å². The molecule has 0 aliphatic carbocycles. The minimum atomic E-state index is -3.81. The molecular weight excluding hydrogens is 520 g/mol. The van der Waals surface area contributed by atoms with Gasteiger partial charge in [-0.15, -0.1) is 11.3 Å². The summed E-state index contributed by atoms with van der Waals surface area (Å²) < 4.78 is 39.1. The maximum absolute atomic E-state index is 13.7. The predicted molar refractivity (Wildman–Crippen MR) is 153 cm³/mol. The van der Waals surface area contributed by atoms with Gasteiger partial charge in [-0.25, -0.2) is 8.42 Å². The van der Waals surface area contributed by atoms with Crippen molar-refractivity contribution in [2.75, 3.05) is 33.9 Å². The van der Waals surface area contributed by atoms with Crippen LogP contribution in [0, 0.1) is 13.8 Å². The summed E-state index contributed by atoms with van der Waals surface area (Å²) in [4.78, 5) is 17.9. The van der Waals surface area contributed by atoms with E-state index in [4.69, 9.17) is 9.47 Å². The molecule has 1 heterocycles. The average molecular weight is 559 g/mol. The molecule has 2 aromatic carbocycles. The van der Waals surface area contributed by atoms with Crippen molar-refractivity contribution in [2.45, 2.75) is 51.5 Å². The first-order valence-electron chi connectivity index (χ1n) is 12.8. The number of methoxy groups -OCH3 is 2. The molecule has 0 saturated heterocycles. The van der Waals surface area contributed by atoms with Crippen molar-refractivity contribution in [3.8, 4) is 11.5 Å². The van der Waals surface area contributed by atoms with Crippen LogP contribution in [0.3, 0.4) is 0 Å². The van der Waals surface area contributed by atoms with Crippen molar-refractivity contribution in [1.82, 2.24) is 9.21 Å². The number of benzene rings is 2. The fourth-order valence-corrected chi connectivity index (χ4v) is 6.41. The first-order chi connectivity index (χ1) is 18.2. The Morgan fingerprint density at radius 1 is 0.921 bits per heavy atom. The van der Waals surface area contributed by atoms with Crippen molar-refractivity contribution in [1.29, 1.82) is 0 Å². The van der Waals surface area contributed by atoms with Gasteiger partial charge in [-0.2, -0.15) is 4.31 Å². The molecule has 0 unspecified atom stereocenters. The lowest BCUT2D eigenvalue weighted by atomic mass is 10.1. The Kier molecular flexibility index (Phi) is 10.8. The van der Waals surface area contributed by atoms with Gasteiger partial charge in [0.05, 0.1) is 32.2 Å². The summed E-state index contributed by atoms with van der Waals surface area (Å²) in [6.45, 7) is 6.91. The molecule has 0 radical (unpaired) electrons. The zero-order valence-electron chi connectivity index (χ0n) is 22.9. The number of ether oxygens (including phenoxy) is 2. The van der Waals surface area contributed by atoms with Gasteiger partial charge in [-0.3, -0.25) is 4.79 Å². The van der Waals surface area contributed by atoms with Crippen molar-refractivity contribution in [3.05, 3.63) is 75.5 Å². The van der Waals surface area contributed by atoms with Gasteiger partial charge in [0.15, 0.2) is 11.5 Å². The lowest BCUT2D eigenvalue weighted by molar-refractivity contribution is -0.132. The third-order valence-electron chi connectivity index (χ3n) is 6.35. The molecule has 0 aliphatic heterocycles. The zero-order chi connectivity index (χ0) is 27.7. The number of nitrogens with zero attached hydrogens (tertiary/aromatic N) is 2. The second-order valence-electron chi connectivity index (χ2n) is 9.27. The fourth-order valence-electron chi connectivity index (χ4n) is 4.08. The quantitative estimate of drug-likeness (QED) is 0.263. The number of aryl methyl sites for hydroxylation is 2. The minimum absolute atomic E-state index is 0.202. The predicted octanol–water partition coefficient (Wildman–Crippen LogP) is 5.44. The normalized spacial score (nSPS) is 11.5. The van der Waals surface area contributed by atoms with Gasteiger partial charge in [0.2, 0.25) is 15.9 Å². The van der Waals surface area contributed by atoms with Gasteiger partial charge >= 0.3 is 0 Å².